The molecule has 116 valence electrons. The second kappa shape index (κ2) is 6.09. The van der Waals surface area contributed by atoms with Crippen molar-refractivity contribution in [3.05, 3.63) is 53.6 Å². The van der Waals surface area contributed by atoms with Gasteiger partial charge in [0.2, 0.25) is 0 Å². The molecule has 0 saturated carbocycles. The Morgan fingerprint density at radius 1 is 1.00 bits per heavy atom. The number of hydrogen-bond donors (Lipinski definition) is 0. The minimum Gasteiger partial charge on any atom is -0.497 e. The standard InChI is InChI=1S/C16H13F3O3/c1-21-14-8-11(6-12(9-14)15(20)22-2)10-4-3-5-13(7-10)16(17,18)19/h3-9H,1-2H3. The first-order valence-electron chi connectivity index (χ1n) is 6.30. The van der Waals surface area contributed by atoms with Gasteiger partial charge in [-0.1, -0.05) is 12.1 Å². The van der Waals surface area contributed by atoms with E-state index in [4.69, 9.17) is 4.74 Å². The lowest BCUT2D eigenvalue weighted by Gasteiger charge is -2.11. The molecule has 2 aromatic rings. The van der Waals surface area contributed by atoms with Crippen LogP contribution in [0.25, 0.3) is 11.1 Å². The number of alkyl halides is 3. The Bertz CT molecular complexity index is 693. The Morgan fingerprint density at radius 3 is 2.32 bits per heavy atom. The predicted molar refractivity (Wildman–Crippen MR) is 74.8 cm³/mol. The monoisotopic (exact) mass is 310 g/mol. The van der Waals surface area contributed by atoms with Gasteiger partial charge in [0, 0.05) is 0 Å². The van der Waals surface area contributed by atoms with Crippen LogP contribution in [0.2, 0.25) is 0 Å². The van der Waals surface area contributed by atoms with E-state index in [1.807, 2.05) is 0 Å². The lowest BCUT2D eigenvalue weighted by Crippen LogP contribution is -2.05. The Balaban J connectivity index is 2.54. The summed E-state index contributed by atoms with van der Waals surface area (Å²) < 4.78 is 48.1. The van der Waals surface area contributed by atoms with Crippen molar-refractivity contribution in [1.29, 1.82) is 0 Å². The number of rotatable bonds is 3. The number of ether oxygens (including phenoxy) is 2. The molecule has 3 nitrogen and oxygen atoms in total. The first kappa shape index (κ1) is 15.9. The molecule has 0 aliphatic rings. The molecule has 6 heteroatoms. The van der Waals surface area contributed by atoms with Crippen molar-refractivity contribution in [1.82, 2.24) is 0 Å². The van der Waals surface area contributed by atoms with Crippen molar-refractivity contribution < 1.29 is 27.4 Å². The van der Waals surface area contributed by atoms with Gasteiger partial charge >= 0.3 is 12.1 Å². The molecule has 0 bridgehead atoms. The first-order valence-corrected chi connectivity index (χ1v) is 6.30. The topological polar surface area (TPSA) is 35.5 Å². The molecule has 0 aliphatic heterocycles. The van der Waals surface area contributed by atoms with Gasteiger partial charge in [0.15, 0.2) is 0 Å². The molecule has 0 fully saturated rings. The molecule has 2 rings (SSSR count). The summed E-state index contributed by atoms with van der Waals surface area (Å²) >= 11 is 0. The quantitative estimate of drug-likeness (QED) is 0.798. The maximum absolute atomic E-state index is 12.8. The van der Waals surface area contributed by atoms with E-state index in [-0.39, 0.29) is 5.56 Å². The summed E-state index contributed by atoms with van der Waals surface area (Å²) in [7, 11) is 2.64. The Morgan fingerprint density at radius 2 is 1.73 bits per heavy atom. The number of benzene rings is 2. The van der Waals surface area contributed by atoms with E-state index in [1.54, 1.807) is 6.07 Å². The predicted octanol–water partition coefficient (Wildman–Crippen LogP) is 4.17. The molecule has 0 N–H and O–H groups in total. The molecule has 0 aliphatic carbocycles. The maximum atomic E-state index is 12.8. The van der Waals surface area contributed by atoms with Crippen LogP contribution in [-0.4, -0.2) is 20.2 Å². The molecule has 0 unspecified atom stereocenters. The van der Waals surface area contributed by atoms with Crippen LogP contribution < -0.4 is 4.74 Å². The Labute approximate surface area is 125 Å². The summed E-state index contributed by atoms with van der Waals surface area (Å²) in [5.74, 6) is -0.234. The first-order chi connectivity index (χ1) is 10.3. The smallest absolute Gasteiger partial charge is 0.416 e. The van der Waals surface area contributed by atoms with Crippen molar-refractivity contribution in [3.8, 4) is 16.9 Å². The zero-order valence-electron chi connectivity index (χ0n) is 11.9. The number of methoxy groups -OCH3 is 2. The van der Waals surface area contributed by atoms with Gasteiger partial charge in [-0.2, -0.15) is 13.2 Å². The number of esters is 1. The van der Waals surface area contributed by atoms with E-state index in [1.165, 1.54) is 38.5 Å². The van der Waals surface area contributed by atoms with Crippen molar-refractivity contribution in [2.75, 3.05) is 14.2 Å². The minimum absolute atomic E-state index is 0.203. The SMILES string of the molecule is COC(=O)c1cc(OC)cc(-c2cccc(C(F)(F)F)c2)c1. The molecule has 0 amide bonds. The minimum atomic E-state index is -4.43. The van der Waals surface area contributed by atoms with Gasteiger partial charge in [-0.15, -0.1) is 0 Å². The number of halogens is 3. The third-order valence-electron chi connectivity index (χ3n) is 3.09. The van der Waals surface area contributed by atoms with E-state index < -0.39 is 17.7 Å². The zero-order chi connectivity index (χ0) is 16.3. The molecule has 22 heavy (non-hydrogen) atoms. The van der Waals surface area contributed by atoms with Gasteiger partial charge in [-0.05, 0) is 41.5 Å². The fourth-order valence-corrected chi connectivity index (χ4v) is 1.99. The van der Waals surface area contributed by atoms with Gasteiger partial charge < -0.3 is 9.47 Å². The molecular formula is C16H13F3O3. The molecule has 0 aromatic heterocycles. The number of hydrogen-bond acceptors (Lipinski definition) is 3. The third kappa shape index (κ3) is 3.39. The van der Waals surface area contributed by atoms with E-state index >= 15 is 0 Å². The largest absolute Gasteiger partial charge is 0.497 e. The highest BCUT2D eigenvalue weighted by atomic mass is 19.4. The molecule has 0 saturated heterocycles. The summed E-state index contributed by atoms with van der Waals surface area (Å²) in [6.45, 7) is 0. The Kier molecular flexibility index (Phi) is 4.40. The average molecular weight is 310 g/mol. The summed E-state index contributed by atoms with van der Waals surface area (Å²) in [6.07, 6.45) is -4.43. The second-order valence-corrected chi connectivity index (χ2v) is 4.52. The highest BCUT2D eigenvalue weighted by Crippen LogP contribution is 2.33. The summed E-state index contributed by atoms with van der Waals surface area (Å²) in [6, 6.07) is 9.34. The fourth-order valence-electron chi connectivity index (χ4n) is 1.99. The van der Waals surface area contributed by atoms with Gasteiger partial charge in [-0.25, -0.2) is 4.79 Å². The van der Waals surface area contributed by atoms with Crippen molar-refractivity contribution in [3.63, 3.8) is 0 Å². The van der Waals surface area contributed by atoms with E-state index in [0.29, 0.717) is 16.9 Å². The molecule has 0 radical (unpaired) electrons. The van der Waals surface area contributed by atoms with Crippen LogP contribution in [0.1, 0.15) is 15.9 Å². The normalized spacial score (nSPS) is 11.1. The average Bonchev–Trinajstić information content (AvgIpc) is 2.52. The lowest BCUT2D eigenvalue weighted by molar-refractivity contribution is -0.137. The van der Waals surface area contributed by atoms with Crippen LogP contribution in [0.5, 0.6) is 5.75 Å². The third-order valence-corrected chi connectivity index (χ3v) is 3.09. The maximum Gasteiger partial charge on any atom is 0.416 e. The summed E-state index contributed by atoms with van der Waals surface area (Å²) in [5, 5.41) is 0. The molecule has 0 atom stereocenters. The van der Waals surface area contributed by atoms with Crippen molar-refractivity contribution >= 4 is 5.97 Å². The van der Waals surface area contributed by atoms with Gasteiger partial charge in [0.1, 0.15) is 5.75 Å². The van der Waals surface area contributed by atoms with Crippen LogP contribution in [0.4, 0.5) is 13.2 Å². The van der Waals surface area contributed by atoms with Gasteiger partial charge in [0.05, 0.1) is 25.3 Å². The molecule has 2 aromatic carbocycles. The van der Waals surface area contributed by atoms with Gasteiger partial charge in [0.25, 0.3) is 0 Å². The lowest BCUT2D eigenvalue weighted by atomic mass is 10.0. The fraction of sp³-hybridized carbons (Fsp3) is 0.188. The van der Waals surface area contributed by atoms with Crippen LogP contribution in [0, 0.1) is 0 Å². The zero-order valence-corrected chi connectivity index (χ0v) is 11.9. The highest BCUT2D eigenvalue weighted by Gasteiger charge is 2.30. The molecule has 0 heterocycles. The summed E-state index contributed by atoms with van der Waals surface area (Å²) in [5.41, 5.74) is 0.214. The van der Waals surface area contributed by atoms with Crippen molar-refractivity contribution in [2.45, 2.75) is 6.18 Å². The highest BCUT2D eigenvalue weighted by molar-refractivity contribution is 5.91. The van der Waals surface area contributed by atoms with Crippen LogP contribution in [0.15, 0.2) is 42.5 Å². The van der Waals surface area contributed by atoms with E-state index in [2.05, 4.69) is 4.74 Å². The molecule has 0 spiro atoms. The van der Waals surface area contributed by atoms with Crippen LogP contribution >= 0.6 is 0 Å². The number of carbonyl (C=O) groups excluding carboxylic acids is 1. The van der Waals surface area contributed by atoms with Gasteiger partial charge in [-0.3, -0.25) is 0 Å². The van der Waals surface area contributed by atoms with E-state index in [9.17, 15) is 18.0 Å². The molecular weight excluding hydrogens is 297 g/mol. The van der Waals surface area contributed by atoms with Crippen molar-refractivity contribution in [2.24, 2.45) is 0 Å². The second-order valence-electron chi connectivity index (χ2n) is 4.52. The van der Waals surface area contributed by atoms with Crippen LogP contribution in [0.3, 0.4) is 0 Å². The Hall–Kier alpha value is -2.50. The summed E-state index contributed by atoms with van der Waals surface area (Å²) in [4.78, 5) is 11.6. The van der Waals surface area contributed by atoms with Crippen LogP contribution in [-0.2, 0) is 10.9 Å². The van der Waals surface area contributed by atoms with E-state index in [0.717, 1.165) is 12.1 Å². The number of carbonyl (C=O) groups is 1.